The number of rotatable bonds is 1. The minimum absolute atomic E-state index is 0.608. The summed E-state index contributed by atoms with van der Waals surface area (Å²) in [7, 11) is 1.76. The molecule has 58 valence electrons. The van der Waals surface area contributed by atoms with Crippen LogP contribution in [0.4, 0.5) is 5.69 Å². The SMILES string of the molecule is CNn1ncn2ncc(N)c12. The smallest absolute Gasteiger partial charge is 0.199 e. The van der Waals surface area contributed by atoms with Crippen molar-refractivity contribution in [3.8, 4) is 0 Å². The zero-order valence-electron chi connectivity index (χ0n) is 6.02. The first-order valence-electron chi connectivity index (χ1n) is 3.17. The summed E-state index contributed by atoms with van der Waals surface area (Å²) in [4.78, 5) is 1.56. The second kappa shape index (κ2) is 1.88. The fourth-order valence-electron chi connectivity index (χ4n) is 0.992. The van der Waals surface area contributed by atoms with E-state index in [1.165, 1.54) is 0 Å². The Morgan fingerprint density at radius 3 is 3.09 bits per heavy atom. The van der Waals surface area contributed by atoms with Crippen molar-refractivity contribution in [2.45, 2.75) is 0 Å². The standard InChI is InChI=1S/C5H8N6/c1-7-11-5-4(6)2-8-10(5)3-9-11/h2-3,7H,6H2,1H3. The number of hydrogen-bond acceptors (Lipinski definition) is 4. The third-order valence-electron chi connectivity index (χ3n) is 1.49. The van der Waals surface area contributed by atoms with Crippen LogP contribution in [-0.2, 0) is 0 Å². The molecule has 2 rings (SSSR count). The summed E-state index contributed by atoms with van der Waals surface area (Å²) in [6.07, 6.45) is 3.17. The molecule has 11 heavy (non-hydrogen) atoms. The maximum absolute atomic E-state index is 5.61. The lowest BCUT2D eigenvalue weighted by Crippen LogP contribution is -2.10. The minimum atomic E-state index is 0.608. The van der Waals surface area contributed by atoms with Gasteiger partial charge in [-0.1, -0.05) is 0 Å². The van der Waals surface area contributed by atoms with Gasteiger partial charge in [0.15, 0.2) is 5.65 Å². The summed E-state index contributed by atoms with van der Waals surface area (Å²) in [5.41, 5.74) is 9.82. The van der Waals surface area contributed by atoms with Gasteiger partial charge in [-0.25, -0.2) is 0 Å². The van der Waals surface area contributed by atoms with Gasteiger partial charge in [-0.2, -0.15) is 14.4 Å². The van der Waals surface area contributed by atoms with E-state index in [9.17, 15) is 0 Å². The average Bonchev–Trinajstić information content (AvgIpc) is 2.54. The summed E-state index contributed by atoms with van der Waals surface area (Å²) < 4.78 is 1.60. The Kier molecular flexibility index (Phi) is 1.03. The highest BCUT2D eigenvalue weighted by molar-refractivity contribution is 5.63. The van der Waals surface area contributed by atoms with Gasteiger partial charge in [-0.05, 0) is 0 Å². The molecule has 0 atom stereocenters. The van der Waals surface area contributed by atoms with Crippen LogP contribution in [0.3, 0.4) is 0 Å². The maximum atomic E-state index is 5.61. The lowest BCUT2D eigenvalue weighted by molar-refractivity contribution is 0.811. The normalized spacial score (nSPS) is 10.6. The average molecular weight is 152 g/mol. The van der Waals surface area contributed by atoms with E-state index in [0.29, 0.717) is 5.69 Å². The van der Waals surface area contributed by atoms with Crippen LogP contribution in [0.25, 0.3) is 5.65 Å². The second-order valence-electron chi connectivity index (χ2n) is 2.13. The predicted octanol–water partition coefficient (Wildman–Crippen LogP) is -0.714. The highest BCUT2D eigenvalue weighted by atomic mass is 15.6. The molecule has 0 bridgehead atoms. The zero-order valence-corrected chi connectivity index (χ0v) is 6.02. The molecular formula is C5H8N6. The lowest BCUT2D eigenvalue weighted by atomic mass is 10.6. The summed E-state index contributed by atoms with van der Waals surface area (Å²) in [6.45, 7) is 0. The summed E-state index contributed by atoms with van der Waals surface area (Å²) in [6, 6.07) is 0. The van der Waals surface area contributed by atoms with Crippen molar-refractivity contribution >= 4 is 11.3 Å². The summed E-state index contributed by atoms with van der Waals surface area (Å²) in [5.74, 6) is 0. The molecule has 0 unspecified atom stereocenters. The molecular weight excluding hydrogens is 144 g/mol. The Morgan fingerprint density at radius 1 is 1.55 bits per heavy atom. The molecule has 3 N–H and O–H groups in total. The Labute approximate surface area is 62.6 Å². The molecule has 0 spiro atoms. The highest BCUT2D eigenvalue weighted by Gasteiger charge is 2.05. The van der Waals surface area contributed by atoms with Crippen LogP contribution in [0.5, 0.6) is 0 Å². The number of anilines is 1. The third kappa shape index (κ3) is 0.658. The van der Waals surface area contributed by atoms with Crippen LogP contribution in [0.1, 0.15) is 0 Å². The van der Waals surface area contributed by atoms with E-state index in [1.807, 2.05) is 0 Å². The van der Waals surface area contributed by atoms with Crippen molar-refractivity contribution in [3.63, 3.8) is 0 Å². The van der Waals surface area contributed by atoms with Crippen molar-refractivity contribution in [1.29, 1.82) is 0 Å². The molecule has 0 fully saturated rings. The number of fused-ring (bicyclic) bond motifs is 1. The molecule has 0 aliphatic heterocycles. The molecule has 0 amide bonds. The fourth-order valence-corrected chi connectivity index (χ4v) is 0.992. The largest absolute Gasteiger partial charge is 0.394 e. The monoisotopic (exact) mass is 152 g/mol. The molecule has 0 saturated heterocycles. The molecule has 0 saturated carbocycles. The van der Waals surface area contributed by atoms with Crippen molar-refractivity contribution in [3.05, 3.63) is 12.5 Å². The molecule has 0 radical (unpaired) electrons. The molecule has 2 aromatic heterocycles. The zero-order chi connectivity index (χ0) is 7.84. The van der Waals surface area contributed by atoms with E-state index in [-0.39, 0.29) is 0 Å². The topological polar surface area (TPSA) is 73.2 Å². The molecule has 2 aromatic rings. The molecule has 0 aliphatic carbocycles. The van der Waals surface area contributed by atoms with E-state index in [4.69, 9.17) is 5.73 Å². The fraction of sp³-hybridized carbons (Fsp3) is 0.200. The number of hydrogen-bond donors (Lipinski definition) is 2. The van der Waals surface area contributed by atoms with E-state index in [2.05, 4.69) is 15.6 Å². The second-order valence-corrected chi connectivity index (χ2v) is 2.13. The van der Waals surface area contributed by atoms with Gasteiger partial charge in [0, 0.05) is 7.05 Å². The first-order chi connectivity index (χ1) is 5.33. The van der Waals surface area contributed by atoms with Crippen molar-refractivity contribution in [2.24, 2.45) is 0 Å². The van der Waals surface area contributed by atoms with E-state index in [1.54, 1.807) is 28.9 Å². The first kappa shape index (κ1) is 6.02. The van der Waals surface area contributed by atoms with Crippen LogP contribution in [0.15, 0.2) is 12.5 Å². The van der Waals surface area contributed by atoms with Crippen LogP contribution < -0.4 is 11.2 Å². The third-order valence-corrected chi connectivity index (χ3v) is 1.49. The highest BCUT2D eigenvalue weighted by Crippen LogP contribution is 2.09. The van der Waals surface area contributed by atoms with Gasteiger partial charge >= 0.3 is 0 Å². The quantitative estimate of drug-likeness (QED) is 0.566. The van der Waals surface area contributed by atoms with Crippen molar-refractivity contribution < 1.29 is 0 Å². The number of aromatic nitrogens is 4. The van der Waals surface area contributed by atoms with E-state index in [0.717, 1.165) is 5.65 Å². The molecule has 0 aromatic carbocycles. The van der Waals surface area contributed by atoms with E-state index >= 15 is 0 Å². The molecule has 6 nitrogen and oxygen atoms in total. The Morgan fingerprint density at radius 2 is 2.36 bits per heavy atom. The lowest BCUT2D eigenvalue weighted by Gasteiger charge is -1.96. The number of nitrogen functional groups attached to an aromatic ring is 1. The van der Waals surface area contributed by atoms with Crippen LogP contribution in [0, 0.1) is 0 Å². The Bertz CT molecular complexity index is 371. The van der Waals surface area contributed by atoms with Gasteiger partial charge in [-0.3, -0.25) is 0 Å². The number of nitrogens with two attached hydrogens (primary N) is 1. The Balaban J connectivity index is 2.80. The number of nitrogens with one attached hydrogen (secondary N) is 1. The molecule has 0 aliphatic rings. The Hall–Kier alpha value is -1.72. The minimum Gasteiger partial charge on any atom is -0.394 e. The van der Waals surface area contributed by atoms with Crippen LogP contribution >= 0.6 is 0 Å². The summed E-state index contributed by atoms with van der Waals surface area (Å²) >= 11 is 0. The maximum Gasteiger partial charge on any atom is 0.199 e. The van der Waals surface area contributed by atoms with Gasteiger partial charge in [0.1, 0.15) is 6.33 Å². The van der Waals surface area contributed by atoms with E-state index < -0.39 is 0 Å². The van der Waals surface area contributed by atoms with Gasteiger partial charge < -0.3 is 11.2 Å². The van der Waals surface area contributed by atoms with Crippen molar-refractivity contribution in [2.75, 3.05) is 18.2 Å². The van der Waals surface area contributed by atoms with Crippen LogP contribution in [-0.4, -0.2) is 26.6 Å². The summed E-state index contributed by atoms with van der Waals surface area (Å²) in [5, 5.41) is 7.92. The van der Waals surface area contributed by atoms with Gasteiger partial charge in [0.05, 0.1) is 11.9 Å². The van der Waals surface area contributed by atoms with Gasteiger partial charge in [0.25, 0.3) is 0 Å². The van der Waals surface area contributed by atoms with Crippen LogP contribution in [0.2, 0.25) is 0 Å². The predicted molar refractivity (Wildman–Crippen MR) is 40.7 cm³/mol. The molecule has 6 heteroatoms. The first-order valence-corrected chi connectivity index (χ1v) is 3.17. The number of nitrogens with zero attached hydrogens (tertiary/aromatic N) is 4. The van der Waals surface area contributed by atoms with Gasteiger partial charge in [-0.15, -0.1) is 5.10 Å². The molecule has 2 heterocycles. The van der Waals surface area contributed by atoms with Gasteiger partial charge in [0.2, 0.25) is 0 Å². The van der Waals surface area contributed by atoms with Crippen molar-refractivity contribution in [1.82, 2.24) is 19.5 Å².